The van der Waals surface area contributed by atoms with Gasteiger partial charge in [0.25, 0.3) is 11.8 Å². The molecule has 0 aromatic heterocycles. The monoisotopic (exact) mass is 358 g/mol. The third kappa shape index (κ3) is 4.82. The van der Waals surface area contributed by atoms with Crippen LogP contribution in [0.3, 0.4) is 0 Å². The Balaban J connectivity index is 1.67. The van der Waals surface area contributed by atoms with E-state index in [2.05, 4.69) is 10.6 Å². The minimum absolute atomic E-state index is 0.209. The molecule has 2 amide bonds. The van der Waals surface area contributed by atoms with Gasteiger partial charge in [0.05, 0.1) is 0 Å². The normalized spacial score (nSPS) is 10.3. The summed E-state index contributed by atoms with van der Waals surface area (Å²) in [6.07, 6.45) is 0. The van der Waals surface area contributed by atoms with Crippen LogP contribution in [0.5, 0.6) is 0 Å². The van der Waals surface area contributed by atoms with Crippen LogP contribution in [0.2, 0.25) is 0 Å². The molecule has 0 spiro atoms. The molecule has 27 heavy (non-hydrogen) atoms. The van der Waals surface area contributed by atoms with Crippen LogP contribution in [0, 0.1) is 13.8 Å². The minimum Gasteiger partial charge on any atom is -0.348 e. The second-order valence-corrected chi connectivity index (χ2v) is 6.50. The molecule has 0 unspecified atom stereocenters. The van der Waals surface area contributed by atoms with E-state index in [0.29, 0.717) is 17.7 Å². The summed E-state index contributed by atoms with van der Waals surface area (Å²) >= 11 is 0. The highest BCUT2D eigenvalue weighted by molar-refractivity contribution is 6.06. The van der Waals surface area contributed by atoms with Crippen LogP contribution in [-0.4, -0.2) is 11.8 Å². The topological polar surface area (TPSA) is 58.2 Å². The molecule has 0 radical (unpaired) electrons. The van der Waals surface area contributed by atoms with Crippen molar-refractivity contribution in [3.8, 4) is 0 Å². The molecular formula is C23H22N2O2. The van der Waals surface area contributed by atoms with Crippen LogP contribution in [-0.2, 0) is 6.54 Å². The summed E-state index contributed by atoms with van der Waals surface area (Å²) in [5, 5.41) is 5.75. The van der Waals surface area contributed by atoms with Gasteiger partial charge in [-0.2, -0.15) is 0 Å². The van der Waals surface area contributed by atoms with E-state index in [1.165, 1.54) is 5.56 Å². The molecule has 4 nitrogen and oxygen atoms in total. The summed E-state index contributed by atoms with van der Waals surface area (Å²) in [6, 6.07) is 22.2. The molecule has 3 aromatic rings. The van der Waals surface area contributed by atoms with Crippen molar-refractivity contribution in [3.05, 3.63) is 101 Å². The molecule has 0 atom stereocenters. The van der Waals surface area contributed by atoms with Crippen LogP contribution < -0.4 is 10.6 Å². The first-order chi connectivity index (χ1) is 13.0. The first-order valence-electron chi connectivity index (χ1n) is 8.84. The Morgan fingerprint density at radius 1 is 0.741 bits per heavy atom. The number of amides is 2. The molecule has 2 N–H and O–H groups in total. The Bertz CT molecular complexity index is 965. The van der Waals surface area contributed by atoms with Gasteiger partial charge in [-0.05, 0) is 60.9 Å². The quantitative estimate of drug-likeness (QED) is 0.706. The fourth-order valence-corrected chi connectivity index (χ4v) is 2.70. The Hall–Kier alpha value is -3.40. The summed E-state index contributed by atoms with van der Waals surface area (Å²) in [5.74, 6) is -0.448. The predicted molar refractivity (Wildman–Crippen MR) is 108 cm³/mol. The minimum atomic E-state index is -0.240. The zero-order chi connectivity index (χ0) is 19.2. The highest BCUT2D eigenvalue weighted by Gasteiger charge is 2.11. The molecule has 0 heterocycles. The zero-order valence-electron chi connectivity index (χ0n) is 15.5. The van der Waals surface area contributed by atoms with Gasteiger partial charge in [0, 0.05) is 23.4 Å². The lowest BCUT2D eigenvalue weighted by atomic mass is 10.1. The Kier molecular flexibility index (Phi) is 5.67. The highest BCUT2D eigenvalue weighted by Crippen LogP contribution is 2.16. The maximum atomic E-state index is 12.5. The average molecular weight is 358 g/mol. The van der Waals surface area contributed by atoms with Crippen molar-refractivity contribution in [2.45, 2.75) is 20.4 Å². The van der Waals surface area contributed by atoms with Gasteiger partial charge >= 0.3 is 0 Å². The van der Waals surface area contributed by atoms with Crippen molar-refractivity contribution >= 4 is 17.5 Å². The largest absolute Gasteiger partial charge is 0.348 e. The first kappa shape index (κ1) is 18.4. The molecule has 0 aliphatic rings. The molecule has 4 heteroatoms. The van der Waals surface area contributed by atoms with Gasteiger partial charge in [-0.1, -0.05) is 42.5 Å². The van der Waals surface area contributed by atoms with Gasteiger partial charge in [-0.15, -0.1) is 0 Å². The van der Waals surface area contributed by atoms with Gasteiger partial charge in [-0.25, -0.2) is 0 Å². The first-order valence-corrected chi connectivity index (χ1v) is 8.84. The number of hydrogen-bond donors (Lipinski definition) is 2. The highest BCUT2D eigenvalue weighted by atomic mass is 16.2. The predicted octanol–water partition coefficient (Wildman–Crippen LogP) is 4.49. The standard InChI is InChI=1S/C23H22N2O2/c1-16-11-12-21(13-17(16)2)25-23(27)20-10-6-9-19(14-20)22(26)24-15-18-7-4-3-5-8-18/h3-14H,15H2,1-2H3,(H,24,26)(H,25,27). The molecular weight excluding hydrogens is 336 g/mol. The molecule has 0 saturated carbocycles. The fraction of sp³-hybridized carbons (Fsp3) is 0.130. The second-order valence-electron chi connectivity index (χ2n) is 6.50. The summed E-state index contributed by atoms with van der Waals surface area (Å²) in [4.78, 5) is 24.9. The van der Waals surface area contributed by atoms with Gasteiger partial charge < -0.3 is 10.6 Å². The van der Waals surface area contributed by atoms with Crippen LogP contribution in [0.25, 0.3) is 0 Å². The SMILES string of the molecule is Cc1ccc(NC(=O)c2cccc(C(=O)NCc3ccccc3)c2)cc1C. The second kappa shape index (κ2) is 8.32. The lowest BCUT2D eigenvalue weighted by Gasteiger charge is -2.09. The van der Waals surface area contributed by atoms with Crippen LogP contribution in [0.1, 0.15) is 37.4 Å². The average Bonchev–Trinajstić information content (AvgIpc) is 2.70. The number of anilines is 1. The molecule has 0 saturated heterocycles. The Morgan fingerprint density at radius 2 is 1.44 bits per heavy atom. The van der Waals surface area contributed by atoms with Crippen molar-refractivity contribution < 1.29 is 9.59 Å². The molecule has 3 aromatic carbocycles. The number of rotatable bonds is 5. The molecule has 0 fully saturated rings. The third-order valence-corrected chi connectivity index (χ3v) is 4.45. The maximum absolute atomic E-state index is 12.5. The van der Waals surface area contributed by atoms with Crippen molar-refractivity contribution in [2.24, 2.45) is 0 Å². The molecule has 3 rings (SSSR count). The van der Waals surface area contributed by atoms with E-state index in [0.717, 1.165) is 16.8 Å². The van der Waals surface area contributed by atoms with Crippen molar-refractivity contribution in [1.82, 2.24) is 5.32 Å². The van der Waals surface area contributed by atoms with E-state index >= 15 is 0 Å². The molecule has 0 aliphatic carbocycles. The lowest BCUT2D eigenvalue weighted by molar-refractivity contribution is 0.0951. The van der Waals surface area contributed by atoms with E-state index in [-0.39, 0.29) is 11.8 Å². The summed E-state index contributed by atoms with van der Waals surface area (Å²) in [6.45, 7) is 4.47. The number of hydrogen-bond acceptors (Lipinski definition) is 2. The van der Waals surface area contributed by atoms with Gasteiger partial charge in [0.1, 0.15) is 0 Å². The maximum Gasteiger partial charge on any atom is 0.255 e. The summed E-state index contributed by atoms with van der Waals surface area (Å²) in [5.41, 5.74) is 4.95. The third-order valence-electron chi connectivity index (χ3n) is 4.45. The van der Waals surface area contributed by atoms with E-state index in [1.54, 1.807) is 24.3 Å². The van der Waals surface area contributed by atoms with Crippen molar-refractivity contribution in [1.29, 1.82) is 0 Å². The Labute approximate surface area is 159 Å². The zero-order valence-corrected chi connectivity index (χ0v) is 15.5. The summed E-state index contributed by atoms with van der Waals surface area (Å²) in [7, 11) is 0. The van der Waals surface area contributed by atoms with E-state index in [1.807, 2.05) is 62.4 Å². The fourth-order valence-electron chi connectivity index (χ4n) is 2.70. The number of carbonyl (C=O) groups excluding carboxylic acids is 2. The molecule has 0 aliphatic heterocycles. The Morgan fingerprint density at radius 3 is 2.15 bits per heavy atom. The van der Waals surface area contributed by atoms with Crippen LogP contribution in [0.4, 0.5) is 5.69 Å². The van der Waals surface area contributed by atoms with Crippen LogP contribution >= 0.6 is 0 Å². The van der Waals surface area contributed by atoms with Gasteiger partial charge in [0.2, 0.25) is 0 Å². The smallest absolute Gasteiger partial charge is 0.255 e. The summed E-state index contributed by atoms with van der Waals surface area (Å²) < 4.78 is 0. The van der Waals surface area contributed by atoms with Crippen molar-refractivity contribution in [3.63, 3.8) is 0 Å². The number of carbonyl (C=O) groups is 2. The number of nitrogens with one attached hydrogen (secondary N) is 2. The van der Waals surface area contributed by atoms with Gasteiger partial charge in [-0.3, -0.25) is 9.59 Å². The van der Waals surface area contributed by atoms with E-state index in [9.17, 15) is 9.59 Å². The van der Waals surface area contributed by atoms with Crippen molar-refractivity contribution in [2.75, 3.05) is 5.32 Å². The number of aryl methyl sites for hydroxylation is 2. The molecule has 136 valence electrons. The van der Waals surface area contributed by atoms with Crippen LogP contribution in [0.15, 0.2) is 72.8 Å². The lowest BCUT2D eigenvalue weighted by Crippen LogP contribution is -2.23. The van der Waals surface area contributed by atoms with E-state index < -0.39 is 0 Å². The van der Waals surface area contributed by atoms with E-state index in [4.69, 9.17) is 0 Å². The number of benzene rings is 3. The van der Waals surface area contributed by atoms with Gasteiger partial charge in [0.15, 0.2) is 0 Å². The molecule has 0 bridgehead atoms.